The van der Waals surface area contributed by atoms with E-state index in [4.69, 9.17) is 16.3 Å². The summed E-state index contributed by atoms with van der Waals surface area (Å²) < 4.78 is 5.96. The second kappa shape index (κ2) is 8.09. The number of anilines is 1. The molecular formula is C24H22ClNO4. The van der Waals surface area contributed by atoms with Crippen LogP contribution in [0.5, 0.6) is 5.75 Å². The molecule has 1 unspecified atom stereocenters. The molecule has 0 spiro atoms. The topological polar surface area (TPSA) is 66.8 Å². The van der Waals surface area contributed by atoms with Crippen LogP contribution in [-0.2, 0) is 15.2 Å². The van der Waals surface area contributed by atoms with Crippen molar-refractivity contribution < 1.29 is 19.4 Å². The third-order valence-corrected chi connectivity index (χ3v) is 5.57. The lowest BCUT2D eigenvalue weighted by molar-refractivity contribution is -0.141. The summed E-state index contributed by atoms with van der Waals surface area (Å²) in [5.41, 5.74) is -0.911. The fraction of sp³-hybridized carbons (Fsp3) is 0.250. The van der Waals surface area contributed by atoms with Gasteiger partial charge in [-0.15, -0.1) is 0 Å². The highest BCUT2D eigenvalue weighted by Crippen LogP contribution is 2.43. The number of ketones is 1. The van der Waals surface area contributed by atoms with Crippen molar-refractivity contribution in [3.05, 3.63) is 71.2 Å². The number of fused-ring (bicyclic) bond motifs is 2. The number of hydrogen-bond donors (Lipinski definition) is 1. The van der Waals surface area contributed by atoms with Crippen LogP contribution in [0, 0.1) is 0 Å². The molecule has 4 rings (SSSR count). The van der Waals surface area contributed by atoms with Gasteiger partial charge in [-0.25, -0.2) is 0 Å². The molecule has 154 valence electrons. The van der Waals surface area contributed by atoms with Crippen molar-refractivity contribution >= 4 is 39.8 Å². The molecule has 0 saturated heterocycles. The maximum absolute atomic E-state index is 13.0. The summed E-state index contributed by atoms with van der Waals surface area (Å²) in [5, 5.41) is 13.6. The molecule has 0 saturated carbocycles. The van der Waals surface area contributed by atoms with Gasteiger partial charge < -0.3 is 14.7 Å². The first-order valence-electron chi connectivity index (χ1n) is 9.84. The summed E-state index contributed by atoms with van der Waals surface area (Å²) in [6, 6.07) is 18.8. The van der Waals surface area contributed by atoms with E-state index in [0.717, 1.165) is 16.5 Å². The predicted octanol–water partition coefficient (Wildman–Crippen LogP) is 4.48. The van der Waals surface area contributed by atoms with E-state index >= 15 is 0 Å². The molecule has 1 amide bonds. The lowest BCUT2D eigenvalue weighted by Gasteiger charge is -2.22. The molecule has 0 fully saturated rings. The number of hydrogen-bond acceptors (Lipinski definition) is 4. The smallest absolute Gasteiger partial charge is 0.264 e. The van der Waals surface area contributed by atoms with Crippen LogP contribution in [0.4, 0.5) is 5.69 Å². The van der Waals surface area contributed by atoms with Crippen LogP contribution in [0.25, 0.3) is 10.8 Å². The summed E-state index contributed by atoms with van der Waals surface area (Å²) in [5.74, 6) is 0.0270. The van der Waals surface area contributed by atoms with Crippen molar-refractivity contribution in [2.75, 3.05) is 18.1 Å². The predicted molar refractivity (Wildman–Crippen MR) is 117 cm³/mol. The Morgan fingerprint density at radius 3 is 2.70 bits per heavy atom. The van der Waals surface area contributed by atoms with Gasteiger partial charge in [-0.2, -0.15) is 0 Å². The van der Waals surface area contributed by atoms with E-state index in [9.17, 15) is 14.7 Å². The maximum atomic E-state index is 13.0. The van der Waals surface area contributed by atoms with E-state index in [-0.39, 0.29) is 12.2 Å². The number of benzene rings is 3. The zero-order chi connectivity index (χ0) is 21.3. The van der Waals surface area contributed by atoms with Crippen molar-refractivity contribution in [2.45, 2.75) is 25.4 Å². The fourth-order valence-electron chi connectivity index (χ4n) is 4.00. The molecule has 0 bridgehead atoms. The van der Waals surface area contributed by atoms with Gasteiger partial charge in [0.1, 0.15) is 11.5 Å². The van der Waals surface area contributed by atoms with Crippen molar-refractivity contribution in [2.24, 2.45) is 0 Å². The molecule has 0 radical (unpaired) electrons. The van der Waals surface area contributed by atoms with Crippen molar-refractivity contribution in [3.8, 4) is 5.75 Å². The number of amides is 1. The summed E-state index contributed by atoms with van der Waals surface area (Å²) in [7, 11) is 0. The molecule has 3 aromatic rings. The molecule has 3 aromatic carbocycles. The van der Waals surface area contributed by atoms with E-state index in [0.29, 0.717) is 35.8 Å². The summed E-state index contributed by atoms with van der Waals surface area (Å²) in [4.78, 5) is 26.2. The number of aliphatic hydroxyl groups is 1. The third kappa shape index (κ3) is 3.66. The van der Waals surface area contributed by atoms with E-state index in [1.807, 2.05) is 42.5 Å². The quantitative estimate of drug-likeness (QED) is 0.569. The van der Waals surface area contributed by atoms with Gasteiger partial charge >= 0.3 is 0 Å². The Balaban J connectivity index is 1.48. The Morgan fingerprint density at radius 2 is 1.90 bits per heavy atom. The number of ether oxygens (including phenoxy) is 1. The SMILES string of the molecule is CC(=O)CC1(O)C(=O)N(CCCOc2cccc3ccccc23)c2ccc(Cl)cc21. The van der Waals surface area contributed by atoms with Crippen LogP contribution in [0.15, 0.2) is 60.7 Å². The standard InChI is InChI=1S/C24H22ClNO4/c1-16(27)15-24(29)20-14-18(25)10-11-21(20)26(23(24)28)12-5-13-30-22-9-4-7-17-6-2-3-8-19(17)22/h2-4,6-11,14,29H,5,12-13,15H2,1H3. The van der Waals surface area contributed by atoms with Gasteiger partial charge in [0, 0.05) is 28.9 Å². The van der Waals surface area contributed by atoms with Crippen molar-refractivity contribution in [3.63, 3.8) is 0 Å². The van der Waals surface area contributed by atoms with Crippen LogP contribution < -0.4 is 9.64 Å². The Kier molecular flexibility index (Phi) is 5.50. The van der Waals surface area contributed by atoms with Crippen LogP contribution in [-0.4, -0.2) is 29.9 Å². The minimum atomic E-state index is -1.87. The molecule has 6 heteroatoms. The largest absolute Gasteiger partial charge is 0.493 e. The Morgan fingerprint density at radius 1 is 1.13 bits per heavy atom. The second-order valence-corrected chi connectivity index (χ2v) is 7.97. The minimum Gasteiger partial charge on any atom is -0.493 e. The second-order valence-electron chi connectivity index (χ2n) is 7.54. The van der Waals surface area contributed by atoms with E-state index in [1.54, 1.807) is 18.2 Å². The molecular weight excluding hydrogens is 402 g/mol. The molecule has 1 N–H and O–H groups in total. The summed E-state index contributed by atoms with van der Waals surface area (Å²) in [6.07, 6.45) is 0.287. The summed E-state index contributed by atoms with van der Waals surface area (Å²) >= 11 is 6.08. The molecule has 0 aromatic heterocycles. The first-order chi connectivity index (χ1) is 14.4. The van der Waals surface area contributed by atoms with Gasteiger partial charge in [0.2, 0.25) is 0 Å². The third-order valence-electron chi connectivity index (χ3n) is 5.33. The molecule has 1 aliphatic heterocycles. The number of Topliss-reactive ketones (excluding diaryl/α,β-unsaturated/α-hetero) is 1. The minimum absolute atomic E-state index is 0.266. The molecule has 0 aliphatic carbocycles. The van der Waals surface area contributed by atoms with Gasteiger partial charge in [0.15, 0.2) is 5.60 Å². The number of carbonyl (C=O) groups is 2. The van der Waals surface area contributed by atoms with Gasteiger partial charge in [0.05, 0.1) is 12.3 Å². The summed E-state index contributed by atoms with van der Waals surface area (Å²) in [6.45, 7) is 2.13. The van der Waals surface area contributed by atoms with Crippen LogP contribution >= 0.6 is 11.6 Å². The zero-order valence-electron chi connectivity index (χ0n) is 16.6. The van der Waals surface area contributed by atoms with Crippen LogP contribution in [0.2, 0.25) is 5.02 Å². The van der Waals surface area contributed by atoms with Gasteiger partial charge in [-0.05, 0) is 43.0 Å². The number of halogens is 1. The number of rotatable bonds is 7. The Hall–Kier alpha value is -2.89. The zero-order valence-corrected chi connectivity index (χ0v) is 17.4. The van der Waals surface area contributed by atoms with E-state index in [2.05, 4.69) is 0 Å². The Bertz CT molecular complexity index is 1120. The highest BCUT2D eigenvalue weighted by atomic mass is 35.5. The highest BCUT2D eigenvalue weighted by Gasteiger charge is 2.50. The van der Waals surface area contributed by atoms with Crippen molar-refractivity contribution in [1.29, 1.82) is 0 Å². The molecule has 5 nitrogen and oxygen atoms in total. The normalized spacial score (nSPS) is 18.0. The van der Waals surface area contributed by atoms with Gasteiger partial charge in [-0.1, -0.05) is 48.0 Å². The molecule has 1 aliphatic rings. The van der Waals surface area contributed by atoms with Gasteiger partial charge in [0.25, 0.3) is 5.91 Å². The molecule has 30 heavy (non-hydrogen) atoms. The van der Waals surface area contributed by atoms with E-state index < -0.39 is 11.5 Å². The lowest BCUT2D eigenvalue weighted by atomic mass is 9.90. The van der Waals surface area contributed by atoms with E-state index in [1.165, 1.54) is 11.8 Å². The highest BCUT2D eigenvalue weighted by molar-refractivity contribution is 6.31. The molecule has 1 atom stereocenters. The Labute approximate surface area is 179 Å². The first kappa shape index (κ1) is 20.4. The van der Waals surface area contributed by atoms with Crippen molar-refractivity contribution in [1.82, 2.24) is 0 Å². The lowest BCUT2D eigenvalue weighted by Crippen LogP contribution is -2.42. The molecule has 1 heterocycles. The van der Waals surface area contributed by atoms with Crippen LogP contribution in [0.3, 0.4) is 0 Å². The number of carbonyl (C=O) groups excluding carboxylic acids is 2. The van der Waals surface area contributed by atoms with Crippen LogP contribution in [0.1, 0.15) is 25.3 Å². The maximum Gasteiger partial charge on any atom is 0.264 e. The monoisotopic (exact) mass is 423 g/mol. The average molecular weight is 424 g/mol. The average Bonchev–Trinajstić information content (AvgIpc) is 2.92. The fourth-order valence-corrected chi connectivity index (χ4v) is 4.17. The first-order valence-corrected chi connectivity index (χ1v) is 10.2. The van der Waals surface area contributed by atoms with Gasteiger partial charge in [-0.3, -0.25) is 9.59 Å². The number of nitrogens with zero attached hydrogens (tertiary/aromatic N) is 1.